The molecule has 0 radical (unpaired) electrons. The molecule has 4 heterocycles. The Bertz CT molecular complexity index is 675. The summed E-state index contributed by atoms with van der Waals surface area (Å²) in [5, 5.41) is 0. The molecule has 0 N–H and O–H groups in total. The molecule has 3 atom stereocenters. The van der Waals surface area contributed by atoms with E-state index in [1.165, 1.54) is 6.42 Å². The first-order valence-electron chi connectivity index (χ1n) is 9.13. The van der Waals surface area contributed by atoms with Crippen LogP contribution in [-0.2, 0) is 29.7 Å². The molecule has 0 amide bonds. The number of pyridine rings is 1. The van der Waals surface area contributed by atoms with Gasteiger partial charge in [0.15, 0.2) is 0 Å². The van der Waals surface area contributed by atoms with E-state index in [4.69, 9.17) is 9.47 Å². The van der Waals surface area contributed by atoms with Crippen LogP contribution in [0.2, 0.25) is 0 Å². The Labute approximate surface area is 148 Å². The summed E-state index contributed by atoms with van der Waals surface area (Å²) in [7, 11) is 2.06. The molecule has 2 aliphatic rings. The van der Waals surface area contributed by atoms with Gasteiger partial charge in [0.2, 0.25) is 0 Å². The Kier molecular flexibility index (Phi) is 5.10. The summed E-state index contributed by atoms with van der Waals surface area (Å²) in [4.78, 5) is 11.3. The first kappa shape index (κ1) is 16.7. The van der Waals surface area contributed by atoms with Crippen molar-refractivity contribution < 1.29 is 9.47 Å². The van der Waals surface area contributed by atoms with Gasteiger partial charge in [-0.25, -0.2) is 4.98 Å². The minimum atomic E-state index is 0.207. The summed E-state index contributed by atoms with van der Waals surface area (Å²) in [5.74, 6) is 1.13. The van der Waals surface area contributed by atoms with E-state index < -0.39 is 0 Å². The van der Waals surface area contributed by atoms with Gasteiger partial charge in [-0.3, -0.25) is 9.88 Å². The number of aromatic nitrogens is 3. The molecule has 4 rings (SSSR count). The molecule has 0 unspecified atom stereocenters. The maximum absolute atomic E-state index is 6.31. The lowest BCUT2D eigenvalue weighted by atomic mass is 9.99. The molecular weight excluding hydrogens is 316 g/mol. The number of nitrogens with zero attached hydrogens (tertiary/aromatic N) is 4. The highest BCUT2D eigenvalue weighted by Crippen LogP contribution is 2.32. The number of rotatable bonds is 6. The number of aryl methyl sites for hydroxylation is 1. The SMILES string of the molecule is Cn1ccnc1CN1CC[C@@H]2O[C@H](COCc3ccccn3)CC[C@@H]21. The summed E-state index contributed by atoms with van der Waals surface area (Å²) < 4.78 is 14.2. The lowest BCUT2D eigenvalue weighted by Crippen LogP contribution is -2.43. The van der Waals surface area contributed by atoms with Gasteiger partial charge in [0.1, 0.15) is 5.82 Å². The van der Waals surface area contributed by atoms with Gasteiger partial charge in [-0.2, -0.15) is 0 Å². The third-order valence-electron chi connectivity index (χ3n) is 5.30. The Hall–Kier alpha value is -1.76. The van der Waals surface area contributed by atoms with Gasteiger partial charge in [0.25, 0.3) is 0 Å². The summed E-state index contributed by atoms with van der Waals surface area (Å²) in [6.45, 7) is 3.21. The lowest BCUT2D eigenvalue weighted by Gasteiger charge is -2.35. The second-order valence-corrected chi connectivity index (χ2v) is 6.99. The fourth-order valence-corrected chi connectivity index (χ4v) is 3.91. The number of ether oxygens (including phenoxy) is 2. The van der Waals surface area contributed by atoms with Crippen LogP contribution in [0.3, 0.4) is 0 Å². The number of hydrogen-bond acceptors (Lipinski definition) is 5. The predicted octanol–water partition coefficient (Wildman–Crippen LogP) is 2.15. The Morgan fingerprint density at radius 3 is 2.96 bits per heavy atom. The molecule has 6 heteroatoms. The monoisotopic (exact) mass is 342 g/mol. The quantitative estimate of drug-likeness (QED) is 0.805. The zero-order valence-corrected chi connectivity index (χ0v) is 14.8. The van der Waals surface area contributed by atoms with Gasteiger partial charge in [0, 0.05) is 38.2 Å². The molecule has 2 aliphatic heterocycles. The van der Waals surface area contributed by atoms with Gasteiger partial charge in [-0.05, 0) is 31.4 Å². The fraction of sp³-hybridized carbons (Fsp3) is 0.579. The van der Waals surface area contributed by atoms with Crippen molar-refractivity contribution in [3.8, 4) is 0 Å². The molecule has 2 aromatic heterocycles. The van der Waals surface area contributed by atoms with Crippen LogP contribution in [-0.4, -0.2) is 50.8 Å². The summed E-state index contributed by atoms with van der Waals surface area (Å²) >= 11 is 0. The van der Waals surface area contributed by atoms with E-state index in [1.54, 1.807) is 6.20 Å². The zero-order chi connectivity index (χ0) is 17.1. The molecular formula is C19H26N4O2. The van der Waals surface area contributed by atoms with Gasteiger partial charge >= 0.3 is 0 Å². The number of hydrogen-bond donors (Lipinski definition) is 0. The van der Waals surface area contributed by atoms with Crippen molar-refractivity contribution in [1.82, 2.24) is 19.4 Å². The highest BCUT2D eigenvalue weighted by Gasteiger charge is 2.40. The average Bonchev–Trinajstić information content (AvgIpc) is 3.23. The van der Waals surface area contributed by atoms with Crippen molar-refractivity contribution in [2.24, 2.45) is 7.05 Å². The first-order valence-corrected chi connectivity index (χ1v) is 9.13. The molecule has 0 bridgehead atoms. The van der Waals surface area contributed by atoms with Crippen molar-refractivity contribution in [2.45, 2.75) is 50.7 Å². The first-order chi connectivity index (χ1) is 12.3. The topological polar surface area (TPSA) is 52.4 Å². The molecule has 0 aromatic carbocycles. The maximum atomic E-state index is 6.31. The highest BCUT2D eigenvalue weighted by molar-refractivity contribution is 5.02. The van der Waals surface area contributed by atoms with Gasteiger partial charge in [-0.1, -0.05) is 6.07 Å². The van der Waals surface area contributed by atoms with Crippen LogP contribution in [0.15, 0.2) is 36.8 Å². The summed E-state index contributed by atoms with van der Waals surface area (Å²) in [6.07, 6.45) is 9.55. The second kappa shape index (κ2) is 7.64. The van der Waals surface area contributed by atoms with Crippen LogP contribution in [0, 0.1) is 0 Å². The highest BCUT2D eigenvalue weighted by atomic mass is 16.5. The van der Waals surface area contributed by atoms with Crippen molar-refractivity contribution >= 4 is 0 Å². The smallest absolute Gasteiger partial charge is 0.122 e. The summed E-state index contributed by atoms with van der Waals surface area (Å²) in [6, 6.07) is 6.42. The van der Waals surface area contributed by atoms with Gasteiger partial charge < -0.3 is 14.0 Å². The Morgan fingerprint density at radius 1 is 1.20 bits per heavy atom. The van der Waals surface area contributed by atoms with Crippen molar-refractivity contribution in [3.05, 3.63) is 48.3 Å². The lowest BCUT2D eigenvalue weighted by molar-refractivity contribution is -0.102. The Morgan fingerprint density at radius 2 is 2.16 bits per heavy atom. The van der Waals surface area contributed by atoms with Crippen molar-refractivity contribution in [1.29, 1.82) is 0 Å². The fourth-order valence-electron chi connectivity index (χ4n) is 3.91. The molecule has 2 saturated heterocycles. The molecule has 0 saturated carbocycles. The standard InChI is InChI=1S/C19H26N4O2/c1-22-11-9-21-19(22)12-23-10-7-18-17(23)6-5-16(25-18)14-24-13-15-4-2-3-8-20-15/h2-4,8-9,11,16-18H,5-7,10,12-14H2,1H3/t16-,17-,18-/m0/s1. The van der Waals surface area contributed by atoms with E-state index in [9.17, 15) is 0 Å². The van der Waals surface area contributed by atoms with Gasteiger partial charge in [-0.15, -0.1) is 0 Å². The number of likely N-dealkylation sites (tertiary alicyclic amines) is 1. The third kappa shape index (κ3) is 3.92. The third-order valence-corrected chi connectivity index (χ3v) is 5.30. The van der Waals surface area contributed by atoms with E-state index in [0.717, 1.165) is 37.4 Å². The number of imidazole rings is 1. The van der Waals surface area contributed by atoms with Crippen LogP contribution >= 0.6 is 0 Å². The van der Waals surface area contributed by atoms with Crippen molar-refractivity contribution in [3.63, 3.8) is 0 Å². The molecule has 134 valence electrons. The van der Waals surface area contributed by atoms with Crippen molar-refractivity contribution in [2.75, 3.05) is 13.2 Å². The van der Waals surface area contributed by atoms with E-state index >= 15 is 0 Å². The van der Waals surface area contributed by atoms with Crippen LogP contribution in [0.5, 0.6) is 0 Å². The minimum Gasteiger partial charge on any atom is -0.372 e. The second-order valence-electron chi connectivity index (χ2n) is 6.99. The summed E-state index contributed by atoms with van der Waals surface area (Å²) in [5.41, 5.74) is 0.971. The normalized spacial score (nSPS) is 26.7. The molecule has 2 aromatic rings. The minimum absolute atomic E-state index is 0.207. The zero-order valence-electron chi connectivity index (χ0n) is 14.8. The molecule has 0 spiro atoms. The molecule has 25 heavy (non-hydrogen) atoms. The van der Waals surface area contributed by atoms with E-state index in [2.05, 4.69) is 26.5 Å². The van der Waals surface area contributed by atoms with Crippen LogP contribution in [0.1, 0.15) is 30.8 Å². The largest absolute Gasteiger partial charge is 0.372 e. The van der Waals surface area contributed by atoms with Gasteiger partial charge in [0.05, 0.1) is 37.7 Å². The molecule has 2 fully saturated rings. The predicted molar refractivity (Wildman–Crippen MR) is 93.8 cm³/mol. The van der Waals surface area contributed by atoms with Crippen LogP contribution in [0.4, 0.5) is 0 Å². The van der Waals surface area contributed by atoms with E-state index in [0.29, 0.717) is 25.4 Å². The number of fused-ring (bicyclic) bond motifs is 1. The van der Waals surface area contributed by atoms with Crippen LogP contribution in [0.25, 0.3) is 0 Å². The van der Waals surface area contributed by atoms with E-state index in [-0.39, 0.29) is 6.10 Å². The average molecular weight is 342 g/mol. The molecule has 0 aliphatic carbocycles. The molecule has 6 nitrogen and oxygen atoms in total. The Balaban J connectivity index is 1.25. The van der Waals surface area contributed by atoms with E-state index in [1.807, 2.05) is 30.6 Å². The van der Waals surface area contributed by atoms with Crippen LogP contribution < -0.4 is 0 Å². The maximum Gasteiger partial charge on any atom is 0.122 e.